The van der Waals surface area contributed by atoms with E-state index >= 15 is 0 Å². The molecule has 1 aromatic rings. The summed E-state index contributed by atoms with van der Waals surface area (Å²) in [4.78, 5) is 22.3. The number of aromatic nitrogens is 2. The maximum Gasteiger partial charge on any atom is 0.276 e. The van der Waals surface area contributed by atoms with Gasteiger partial charge in [-0.25, -0.2) is 4.98 Å². The van der Waals surface area contributed by atoms with E-state index < -0.39 is 0 Å². The number of hydrogen-bond donors (Lipinski definition) is 1. The Labute approximate surface area is 82.1 Å². The second kappa shape index (κ2) is 3.04. The van der Waals surface area contributed by atoms with Gasteiger partial charge in [-0.2, -0.15) is 0 Å². The second-order valence-corrected chi connectivity index (χ2v) is 4.38. The first kappa shape index (κ1) is 9.12. The first-order valence-corrected chi connectivity index (χ1v) is 4.68. The van der Waals surface area contributed by atoms with Crippen molar-refractivity contribution in [3.05, 3.63) is 22.4 Å². The fraction of sp³-hybridized carbons (Fsp3) is 0.500. The highest BCUT2D eigenvalue weighted by Gasteiger charge is 2.23. The molecule has 0 bridgehead atoms. The Bertz CT molecular complexity index is 431. The van der Waals surface area contributed by atoms with E-state index in [-0.39, 0.29) is 11.0 Å². The molecular weight excluding hydrogens is 178 g/mol. The number of aromatic amines is 1. The zero-order valence-electron chi connectivity index (χ0n) is 8.37. The van der Waals surface area contributed by atoms with Crippen molar-refractivity contribution in [2.24, 2.45) is 10.4 Å². The lowest BCUT2D eigenvalue weighted by atomic mass is 9.85. The highest BCUT2D eigenvalue weighted by molar-refractivity contribution is 5.65. The van der Waals surface area contributed by atoms with Gasteiger partial charge in [0.1, 0.15) is 5.69 Å². The highest BCUT2D eigenvalue weighted by Crippen LogP contribution is 2.29. The fourth-order valence-electron chi connectivity index (χ4n) is 1.60. The Balaban J connectivity index is 2.56. The molecule has 14 heavy (non-hydrogen) atoms. The Hall–Kier alpha value is -1.45. The third-order valence-corrected chi connectivity index (χ3v) is 2.41. The third kappa shape index (κ3) is 1.60. The van der Waals surface area contributed by atoms with E-state index in [4.69, 9.17) is 0 Å². The summed E-state index contributed by atoms with van der Waals surface area (Å²) in [6.45, 7) is 4.30. The van der Waals surface area contributed by atoms with Crippen LogP contribution in [0.4, 0.5) is 5.69 Å². The largest absolute Gasteiger partial charge is 0.311 e. The van der Waals surface area contributed by atoms with Crippen LogP contribution in [0, 0.1) is 5.41 Å². The molecule has 0 fully saturated rings. The molecule has 1 N–H and O–H groups in total. The SMILES string of the molecule is CC1(C)CC=Nc2c(nc[nH]c2=O)C1. The van der Waals surface area contributed by atoms with Crippen LogP contribution in [-0.4, -0.2) is 16.2 Å². The summed E-state index contributed by atoms with van der Waals surface area (Å²) in [5.74, 6) is 0. The van der Waals surface area contributed by atoms with Gasteiger partial charge >= 0.3 is 0 Å². The summed E-state index contributed by atoms with van der Waals surface area (Å²) < 4.78 is 0. The summed E-state index contributed by atoms with van der Waals surface area (Å²) in [6.07, 6.45) is 4.93. The normalized spacial score (nSPS) is 18.7. The van der Waals surface area contributed by atoms with Crippen molar-refractivity contribution >= 4 is 11.9 Å². The van der Waals surface area contributed by atoms with Crippen LogP contribution in [0.15, 0.2) is 16.1 Å². The number of hydrogen-bond acceptors (Lipinski definition) is 3. The summed E-state index contributed by atoms with van der Waals surface area (Å²) in [6, 6.07) is 0. The minimum atomic E-state index is -0.149. The summed E-state index contributed by atoms with van der Waals surface area (Å²) in [7, 11) is 0. The number of rotatable bonds is 0. The molecule has 1 aliphatic heterocycles. The van der Waals surface area contributed by atoms with Gasteiger partial charge in [-0.3, -0.25) is 9.79 Å². The van der Waals surface area contributed by atoms with E-state index in [0.29, 0.717) is 5.69 Å². The minimum Gasteiger partial charge on any atom is -0.311 e. The average Bonchev–Trinajstić information content (AvgIpc) is 2.23. The molecule has 0 amide bonds. The van der Waals surface area contributed by atoms with Crippen LogP contribution in [0.1, 0.15) is 26.0 Å². The molecule has 0 spiro atoms. The molecule has 2 heterocycles. The lowest BCUT2D eigenvalue weighted by Crippen LogP contribution is -2.16. The van der Waals surface area contributed by atoms with Gasteiger partial charge in [-0.05, 0) is 18.3 Å². The monoisotopic (exact) mass is 191 g/mol. The summed E-state index contributed by atoms with van der Waals surface area (Å²) in [5, 5.41) is 0. The van der Waals surface area contributed by atoms with Crippen LogP contribution in [0.3, 0.4) is 0 Å². The van der Waals surface area contributed by atoms with E-state index in [1.165, 1.54) is 6.33 Å². The predicted molar refractivity (Wildman–Crippen MR) is 55.1 cm³/mol. The molecule has 1 aromatic heterocycles. The molecule has 0 atom stereocenters. The van der Waals surface area contributed by atoms with Gasteiger partial charge in [-0.1, -0.05) is 13.8 Å². The van der Waals surface area contributed by atoms with Crippen molar-refractivity contribution in [2.45, 2.75) is 26.7 Å². The lowest BCUT2D eigenvalue weighted by molar-refractivity contribution is 0.382. The number of aliphatic imine (C=N–C) groups is 1. The zero-order valence-corrected chi connectivity index (χ0v) is 8.37. The van der Waals surface area contributed by atoms with Gasteiger partial charge in [0.25, 0.3) is 5.56 Å². The molecule has 0 aliphatic carbocycles. The second-order valence-electron chi connectivity index (χ2n) is 4.38. The van der Waals surface area contributed by atoms with Gasteiger partial charge < -0.3 is 4.98 Å². The smallest absolute Gasteiger partial charge is 0.276 e. The molecule has 4 nitrogen and oxygen atoms in total. The van der Waals surface area contributed by atoms with Crippen molar-refractivity contribution in [2.75, 3.05) is 0 Å². The Morgan fingerprint density at radius 2 is 2.29 bits per heavy atom. The predicted octanol–water partition coefficient (Wildman–Crippen LogP) is 1.44. The molecule has 74 valence electrons. The number of nitrogens with one attached hydrogen (secondary N) is 1. The quantitative estimate of drug-likeness (QED) is 0.674. The topological polar surface area (TPSA) is 58.1 Å². The van der Waals surface area contributed by atoms with Crippen LogP contribution in [-0.2, 0) is 6.42 Å². The molecule has 0 saturated heterocycles. The maximum atomic E-state index is 11.4. The van der Waals surface area contributed by atoms with Crippen LogP contribution in [0.25, 0.3) is 0 Å². The minimum absolute atomic E-state index is 0.134. The van der Waals surface area contributed by atoms with Crippen molar-refractivity contribution in [3.8, 4) is 0 Å². The summed E-state index contributed by atoms with van der Waals surface area (Å²) >= 11 is 0. The Morgan fingerprint density at radius 1 is 1.50 bits per heavy atom. The standard InChI is InChI=1S/C10H13N3O/c1-10(2)3-4-11-8-7(5-10)12-6-13-9(8)14/h4,6H,3,5H2,1-2H3,(H,12,13,14). The van der Waals surface area contributed by atoms with E-state index in [9.17, 15) is 4.79 Å². The van der Waals surface area contributed by atoms with Crippen LogP contribution in [0.2, 0.25) is 0 Å². The molecule has 0 saturated carbocycles. The Morgan fingerprint density at radius 3 is 3.07 bits per heavy atom. The van der Waals surface area contributed by atoms with Crippen LogP contribution in [0.5, 0.6) is 0 Å². The van der Waals surface area contributed by atoms with E-state index in [1.807, 2.05) is 6.21 Å². The first-order chi connectivity index (χ1) is 6.58. The molecular formula is C10H13N3O. The van der Waals surface area contributed by atoms with Gasteiger partial charge in [-0.15, -0.1) is 0 Å². The van der Waals surface area contributed by atoms with Crippen molar-refractivity contribution in [1.29, 1.82) is 0 Å². The molecule has 2 rings (SSSR count). The number of H-pyrrole nitrogens is 1. The zero-order chi connectivity index (χ0) is 10.2. The van der Waals surface area contributed by atoms with Crippen LogP contribution < -0.4 is 5.56 Å². The average molecular weight is 191 g/mol. The van der Waals surface area contributed by atoms with Gasteiger partial charge in [0, 0.05) is 6.21 Å². The van der Waals surface area contributed by atoms with Crippen molar-refractivity contribution in [1.82, 2.24) is 9.97 Å². The van der Waals surface area contributed by atoms with Crippen molar-refractivity contribution in [3.63, 3.8) is 0 Å². The van der Waals surface area contributed by atoms with Gasteiger partial charge in [0.2, 0.25) is 0 Å². The van der Waals surface area contributed by atoms with Gasteiger partial charge in [0.15, 0.2) is 0 Å². The highest BCUT2D eigenvalue weighted by atomic mass is 16.1. The fourth-order valence-corrected chi connectivity index (χ4v) is 1.60. The third-order valence-electron chi connectivity index (χ3n) is 2.41. The Kier molecular flexibility index (Phi) is 1.98. The number of nitrogens with zero attached hydrogens (tertiary/aromatic N) is 2. The molecule has 0 radical (unpaired) electrons. The van der Waals surface area contributed by atoms with E-state index in [0.717, 1.165) is 18.5 Å². The molecule has 4 heteroatoms. The summed E-state index contributed by atoms with van der Waals surface area (Å²) in [5.41, 5.74) is 1.25. The first-order valence-electron chi connectivity index (χ1n) is 4.68. The molecule has 0 unspecified atom stereocenters. The van der Waals surface area contributed by atoms with Crippen molar-refractivity contribution < 1.29 is 0 Å². The maximum absolute atomic E-state index is 11.4. The molecule has 0 aromatic carbocycles. The van der Waals surface area contributed by atoms with Crippen LogP contribution >= 0.6 is 0 Å². The van der Waals surface area contributed by atoms with E-state index in [1.54, 1.807) is 0 Å². The lowest BCUT2D eigenvalue weighted by Gasteiger charge is -2.19. The molecule has 1 aliphatic rings. The van der Waals surface area contributed by atoms with Gasteiger partial charge in [0.05, 0.1) is 12.0 Å². The van der Waals surface area contributed by atoms with E-state index in [2.05, 4.69) is 28.8 Å². The number of fused-ring (bicyclic) bond motifs is 1.